The van der Waals surface area contributed by atoms with E-state index in [0.717, 1.165) is 22.7 Å². The lowest BCUT2D eigenvalue weighted by Gasteiger charge is -2.00. The van der Waals surface area contributed by atoms with Crippen LogP contribution >= 0.6 is 0 Å². The number of rotatable bonds is 6. The molecule has 0 bridgehead atoms. The first-order valence-electron chi connectivity index (χ1n) is 10.1. The topological polar surface area (TPSA) is 105 Å². The van der Waals surface area contributed by atoms with Crippen LogP contribution in [0.15, 0.2) is 57.5 Å². The summed E-state index contributed by atoms with van der Waals surface area (Å²) in [6.45, 7) is 4.08. The van der Waals surface area contributed by atoms with E-state index in [1.165, 1.54) is 12.1 Å². The van der Waals surface area contributed by atoms with Crippen LogP contribution in [-0.2, 0) is 6.54 Å². The molecule has 0 saturated carbocycles. The molecule has 2 aromatic carbocycles. The second kappa shape index (κ2) is 8.30. The Bertz CT molecular complexity index is 1400. The van der Waals surface area contributed by atoms with Crippen molar-refractivity contribution >= 4 is 0 Å². The lowest BCUT2D eigenvalue weighted by Crippen LogP contribution is -2.05. The Morgan fingerprint density at radius 2 is 1.67 bits per heavy atom. The lowest BCUT2D eigenvalue weighted by molar-refractivity contribution is 0.415. The normalized spacial score (nSPS) is 11.2. The molecule has 0 spiro atoms. The van der Waals surface area contributed by atoms with Crippen LogP contribution in [0.4, 0.5) is 4.39 Å². The highest BCUT2D eigenvalue weighted by Crippen LogP contribution is 2.26. The summed E-state index contributed by atoms with van der Waals surface area (Å²) in [5.74, 6) is 2.21. The first kappa shape index (κ1) is 20.6. The summed E-state index contributed by atoms with van der Waals surface area (Å²) in [6.07, 6.45) is 0. The van der Waals surface area contributed by atoms with Gasteiger partial charge in [0.15, 0.2) is 5.69 Å². The number of nitrogens with zero attached hydrogens (tertiary/aromatic N) is 6. The summed E-state index contributed by atoms with van der Waals surface area (Å²) in [5.41, 5.74) is 3.42. The standard InChI is InChI=1S/C23H19FN6O3/c1-13-20(23-26-21(28-33-23)15-4-8-17(24)9-5-15)27-29-30(13)12-19-14(2)32-22(25-19)16-6-10-18(31-3)11-7-16/h4-11H,12H2,1-3H3. The van der Waals surface area contributed by atoms with E-state index in [1.54, 1.807) is 23.9 Å². The van der Waals surface area contributed by atoms with Gasteiger partial charge in [-0.2, -0.15) is 4.98 Å². The largest absolute Gasteiger partial charge is 0.497 e. The van der Waals surface area contributed by atoms with Crippen LogP contribution in [0.5, 0.6) is 5.75 Å². The van der Waals surface area contributed by atoms with E-state index >= 15 is 0 Å². The van der Waals surface area contributed by atoms with E-state index in [1.807, 2.05) is 38.1 Å². The maximum absolute atomic E-state index is 13.2. The van der Waals surface area contributed by atoms with Crippen LogP contribution in [0.1, 0.15) is 17.1 Å². The predicted octanol–water partition coefficient (Wildman–Crippen LogP) is 4.46. The van der Waals surface area contributed by atoms with Gasteiger partial charge in [-0.1, -0.05) is 10.4 Å². The Hall–Kier alpha value is -4.34. The van der Waals surface area contributed by atoms with Crippen molar-refractivity contribution in [2.45, 2.75) is 20.4 Å². The quantitative estimate of drug-likeness (QED) is 0.376. The summed E-state index contributed by atoms with van der Waals surface area (Å²) in [5, 5.41) is 12.4. The van der Waals surface area contributed by atoms with Crippen LogP contribution in [0.25, 0.3) is 34.4 Å². The Morgan fingerprint density at radius 3 is 2.39 bits per heavy atom. The molecule has 0 radical (unpaired) electrons. The molecule has 3 heterocycles. The molecule has 5 rings (SSSR count). The van der Waals surface area contributed by atoms with Crippen molar-refractivity contribution in [1.29, 1.82) is 0 Å². The van der Waals surface area contributed by atoms with E-state index in [0.29, 0.717) is 35.3 Å². The van der Waals surface area contributed by atoms with Gasteiger partial charge in [0, 0.05) is 11.1 Å². The summed E-state index contributed by atoms with van der Waals surface area (Å²) >= 11 is 0. The van der Waals surface area contributed by atoms with Gasteiger partial charge in [0.25, 0.3) is 5.89 Å². The van der Waals surface area contributed by atoms with Gasteiger partial charge in [-0.05, 0) is 62.4 Å². The van der Waals surface area contributed by atoms with Crippen LogP contribution in [0, 0.1) is 19.7 Å². The van der Waals surface area contributed by atoms with Crippen molar-refractivity contribution in [1.82, 2.24) is 30.1 Å². The van der Waals surface area contributed by atoms with Crippen LogP contribution in [-0.4, -0.2) is 37.2 Å². The molecule has 0 fully saturated rings. The van der Waals surface area contributed by atoms with Gasteiger partial charge in [0.1, 0.15) is 23.0 Å². The zero-order valence-electron chi connectivity index (χ0n) is 18.1. The minimum absolute atomic E-state index is 0.230. The maximum Gasteiger partial charge on any atom is 0.280 e. The highest BCUT2D eigenvalue weighted by atomic mass is 19.1. The van der Waals surface area contributed by atoms with Crippen LogP contribution < -0.4 is 4.74 Å². The fourth-order valence-electron chi connectivity index (χ4n) is 3.32. The molecule has 0 saturated heterocycles. The minimum atomic E-state index is -0.334. The number of methoxy groups -OCH3 is 1. The van der Waals surface area contributed by atoms with Gasteiger partial charge in [-0.15, -0.1) is 5.10 Å². The molecule has 0 N–H and O–H groups in total. The van der Waals surface area contributed by atoms with Gasteiger partial charge in [-0.25, -0.2) is 14.1 Å². The molecule has 33 heavy (non-hydrogen) atoms. The van der Waals surface area contributed by atoms with Gasteiger partial charge in [0.05, 0.1) is 19.3 Å². The predicted molar refractivity (Wildman–Crippen MR) is 116 cm³/mol. The first-order valence-corrected chi connectivity index (χ1v) is 10.1. The number of hydrogen-bond donors (Lipinski definition) is 0. The van der Waals surface area contributed by atoms with E-state index in [-0.39, 0.29) is 11.7 Å². The fraction of sp³-hybridized carbons (Fsp3) is 0.174. The number of halogens is 1. The SMILES string of the molecule is COc1ccc(-c2nc(Cn3nnc(-c4nc(-c5ccc(F)cc5)no4)c3C)c(C)o2)cc1. The van der Waals surface area contributed by atoms with E-state index in [4.69, 9.17) is 13.7 Å². The van der Waals surface area contributed by atoms with Gasteiger partial charge >= 0.3 is 0 Å². The summed E-state index contributed by atoms with van der Waals surface area (Å²) in [7, 11) is 1.62. The third-order valence-corrected chi connectivity index (χ3v) is 5.24. The Morgan fingerprint density at radius 1 is 0.939 bits per heavy atom. The molecule has 0 atom stereocenters. The third-order valence-electron chi connectivity index (χ3n) is 5.24. The van der Waals surface area contributed by atoms with Gasteiger partial charge < -0.3 is 13.7 Å². The highest BCUT2D eigenvalue weighted by molar-refractivity contribution is 5.58. The van der Waals surface area contributed by atoms with Crippen molar-refractivity contribution in [3.05, 3.63) is 71.5 Å². The lowest BCUT2D eigenvalue weighted by atomic mass is 10.2. The van der Waals surface area contributed by atoms with Crippen molar-refractivity contribution in [3.63, 3.8) is 0 Å². The molecule has 5 aromatic rings. The van der Waals surface area contributed by atoms with Gasteiger partial charge in [-0.3, -0.25) is 0 Å². The molecular weight excluding hydrogens is 427 g/mol. The second-order valence-corrected chi connectivity index (χ2v) is 7.36. The average Bonchev–Trinajstić information content (AvgIpc) is 3.54. The molecule has 0 aliphatic rings. The van der Waals surface area contributed by atoms with Crippen molar-refractivity contribution < 1.29 is 18.1 Å². The summed E-state index contributed by atoms with van der Waals surface area (Å²) in [4.78, 5) is 9.00. The smallest absolute Gasteiger partial charge is 0.280 e. The van der Waals surface area contributed by atoms with E-state index in [9.17, 15) is 4.39 Å². The third kappa shape index (κ3) is 3.98. The minimum Gasteiger partial charge on any atom is -0.497 e. The average molecular weight is 446 g/mol. The Labute approximate surface area is 187 Å². The fourth-order valence-corrected chi connectivity index (χ4v) is 3.32. The molecule has 9 nitrogen and oxygen atoms in total. The van der Waals surface area contributed by atoms with Gasteiger partial charge in [0.2, 0.25) is 11.7 Å². The van der Waals surface area contributed by atoms with Crippen molar-refractivity contribution in [2.24, 2.45) is 0 Å². The monoisotopic (exact) mass is 446 g/mol. The van der Waals surface area contributed by atoms with E-state index in [2.05, 4.69) is 25.4 Å². The highest BCUT2D eigenvalue weighted by Gasteiger charge is 2.20. The number of aromatic nitrogens is 6. The van der Waals surface area contributed by atoms with E-state index < -0.39 is 0 Å². The summed E-state index contributed by atoms with van der Waals surface area (Å²) < 4.78 is 31.3. The molecule has 0 aliphatic heterocycles. The molecule has 0 amide bonds. The number of aryl methyl sites for hydroxylation is 1. The van der Waals surface area contributed by atoms with Crippen LogP contribution in [0.2, 0.25) is 0 Å². The molecular formula is C23H19FN6O3. The van der Waals surface area contributed by atoms with Crippen molar-refractivity contribution in [2.75, 3.05) is 7.11 Å². The zero-order chi connectivity index (χ0) is 22.9. The van der Waals surface area contributed by atoms with Crippen LogP contribution in [0.3, 0.4) is 0 Å². The zero-order valence-corrected chi connectivity index (χ0v) is 18.1. The molecule has 166 valence electrons. The molecule has 0 unspecified atom stereocenters. The second-order valence-electron chi connectivity index (χ2n) is 7.36. The number of oxazole rings is 1. The Kier molecular flexibility index (Phi) is 5.17. The maximum atomic E-state index is 13.2. The number of benzene rings is 2. The molecule has 10 heteroatoms. The number of ether oxygens (including phenoxy) is 1. The molecule has 3 aromatic heterocycles. The first-order chi connectivity index (χ1) is 16.0. The molecule has 0 aliphatic carbocycles. The van der Waals surface area contributed by atoms with Crippen molar-refractivity contribution in [3.8, 4) is 40.2 Å². The summed E-state index contributed by atoms with van der Waals surface area (Å²) in [6, 6.07) is 13.3. The number of hydrogen-bond acceptors (Lipinski definition) is 8. The Balaban J connectivity index is 1.38.